The van der Waals surface area contributed by atoms with Crippen molar-refractivity contribution < 1.29 is 28.5 Å². The summed E-state index contributed by atoms with van der Waals surface area (Å²) in [7, 11) is 3.17. The molecule has 0 N–H and O–H groups in total. The van der Waals surface area contributed by atoms with Gasteiger partial charge in [0, 0.05) is 41.5 Å². The van der Waals surface area contributed by atoms with Crippen LogP contribution in [0.25, 0.3) is 0 Å². The summed E-state index contributed by atoms with van der Waals surface area (Å²) in [4.78, 5) is 31.0. The summed E-state index contributed by atoms with van der Waals surface area (Å²) in [6.45, 7) is 2.74. The fourth-order valence-electron chi connectivity index (χ4n) is 4.77. The van der Waals surface area contributed by atoms with Crippen LogP contribution >= 0.6 is 0 Å². The number of aliphatic imine (C=N–C) groups is 1. The Kier molecular flexibility index (Phi) is 6.41. The highest BCUT2D eigenvalue weighted by atomic mass is 16.6. The topological polar surface area (TPSA) is 83.4 Å². The molecule has 0 bridgehead atoms. The molecule has 31 heavy (non-hydrogen) atoms. The molecule has 1 aliphatic carbocycles. The zero-order valence-electron chi connectivity index (χ0n) is 18.3. The van der Waals surface area contributed by atoms with Crippen molar-refractivity contribution in [1.82, 2.24) is 0 Å². The van der Waals surface area contributed by atoms with E-state index in [1.165, 1.54) is 0 Å². The molecular formula is C24H29NO6. The quantitative estimate of drug-likeness (QED) is 0.645. The predicted molar refractivity (Wildman–Crippen MR) is 115 cm³/mol. The summed E-state index contributed by atoms with van der Waals surface area (Å²) in [6.07, 6.45) is 3.73. The number of allylic oxidation sites excluding steroid dienone is 2. The second-order valence-electron chi connectivity index (χ2n) is 8.22. The maximum atomic E-state index is 13.3. The van der Waals surface area contributed by atoms with Crippen molar-refractivity contribution in [2.45, 2.75) is 51.0 Å². The minimum absolute atomic E-state index is 0.0318. The van der Waals surface area contributed by atoms with Crippen molar-refractivity contribution in [3.05, 3.63) is 35.0 Å². The first kappa shape index (κ1) is 21.6. The van der Waals surface area contributed by atoms with Gasteiger partial charge in [0.2, 0.25) is 0 Å². The lowest BCUT2D eigenvalue weighted by Gasteiger charge is -2.35. The molecule has 0 radical (unpaired) electrons. The zero-order chi connectivity index (χ0) is 22.0. The van der Waals surface area contributed by atoms with Gasteiger partial charge in [-0.25, -0.2) is 0 Å². The largest absolute Gasteiger partial charge is 0.497 e. The molecule has 1 fully saturated rings. The molecule has 1 aromatic carbocycles. The number of hydrogen-bond acceptors (Lipinski definition) is 7. The van der Waals surface area contributed by atoms with E-state index in [2.05, 4.69) is 4.99 Å². The number of rotatable bonds is 6. The highest BCUT2D eigenvalue weighted by Crippen LogP contribution is 2.47. The van der Waals surface area contributed by atoms with E-state index >= 15 is 0 Å². The van der Waals surface area contributed by atoms with Gasteiger partial charge in [-0.1, -0.05) is 0 Å². The Labute approximate surface area is 182 Å². The predicted octanol–water partition coefficient (Wildman–Crippen LogP) is 3.61. The number of ketones is 1. The Morgan fingerprint density at radius 2 is 2.03 bits per heavy atom. The number of ether oxygens (including phenoxy) is 4. The molecule has 0 aromatic heterocycles. The first-order chi connectivity index (χ1) is 15.0. The minimum Gasteiger partial charge on any atom is -0.497 e. The third-order valence-corrected chi connectivity index (χ3v) is 6.30. The molecule has 1 unspecified atom stereocenters. The van der Waals surface area contributed by atoms with Crippen LogP contribution in [-0.4, -0.2) is 51.0 Å². The molecule has 7 heteroatoms. The fraction of sp³-hybridized carbons (Fsp3) is 0.542. The van der Waals surface area contributed by atoms with Crippen LogP contribution in [-0.2, 0) is 19.1 Å². The van der Waals surface area contributed by atoms with Crippen LogP contribution < -0.4 is 9.47 Å². The lowest BCUT2D eigenvalue weighted by atomic mass is 9.71. The Balaban J connectivity index is 1.76. The van der Waals surface area contributed by atoms with E-state index in [0.29, 0.717) is 35.8 Å². The van der Waals surface area contributed by atoms with E-state index in [1.54, 1.807) is 26.4 Å². The van der Waals surface area contributed by atoms with Gasteiger partial charge in [0.1, 0.15) is 24.0 Å². The van der Waals surface area contributed by atoms with Gasteiger partial charge in [-0.3, -0.25) is 14.6 Å². The van der Waals surface area contributed by atoms with Gasteiger partial charge < -0.3 is 18.9 Å². The summed E-state index contributed by atoms with van der Waals surface area (Å²) in [6, 6.07) is 5.45. The normalized spacial score (nSPS) is 25.7. The maximum absolute atomic E-state index is 13.3. The average molecular weight is 427 g/mol. The molecule has 3 atom stereocenters. The molecule has 7 nitrogen and oxygen atoms in total. The SMILES string of the molecule is COc1ccc(OC)c([C@H]2C3=C(CCCC3=O)N=C(C)C2C(=O)OC[C@@H]2CCCO2)c1. The molecule has 2 aliphatic heterocycles. The summed E-state index contributed by atoms with van der Waals surface area (Å²) in [5, 5.41) is 0. The van der Waals surface area contributed by atoms with Gasteiger partial charge in [-0.05, 0) is 50.8 Å². The Morgan fingerprint density at radius 3 is 2.74 bits per heavy atom. The third kappa shape index (κ3) is 4.24. The van der Waals surface area contributed by atoms with Gasteiger partial charge in [-0.2, -0.15) is 0 Å². The first-order valence-corrected chi connectivity index (χ1v) is 10.8. The first-order valence-electron chi connectivity index (χ1n) is 10.8. The number of benzene rings is 1. The van der Waals surface area contributed by atoms with E-state index < -0.39 is 17.8 Å². The van der Waals surface area contributed by atoms with Crippen LogP contribution in [0.2, 0.25) is 0 Å². The number of hydrogen-bond donors (Lipinski definition) is 0. The second kappa shape index (κ2) is 9.22. The minimum atomic E-state index is -0.705. The lowest BCUT2D eigenvalue weighted by molar-refractivity contribution is -0.149. The number of nitrogens with zero attached hydrogens (tertiary/aromatic N) is 1. The smallest absolute Gasteiger partial charge is 0.315 e. The van der Waals surface area contributed by atoms with Crippen LogP contribution in [0.4, 0.5) is 0 Å². The highest BCUT2D eigenvalue weighted by molar-refractivity contribution is 6.09. The van der Waals surface area contributed by atoms with Crippen LogP contribution in [0.5, 0.6) is 11.5 Å². The monoisotopic (exact) mass is 427 g/mol. The van der Waals surface area contributed by atoms with Crippen molar-refractivity contribution >= 4 is 17.5 Å². The molecule has 0 amide bonds. The number of Topliss-reactive ketones (excluding diaryl/α,β-unsaturated/α-hetero) is 1. The number of methoxy groups -OCH3 is 2. The van der Waals surface area contributed by atoms with Crippen molar-refractivity contribution in [3.8, 4) is 11.5 Å². The second-order valence-corrected chi connectivity index (χ2v) is 8.22. The van der Waals surface area contributed by atoms with Crippen LogP contribution in [0.3, 0.4) is 0 Å². The Bertz CT molecular complexity index is 928. The van der Waals surface area contributed by atoms with Crippen molar-refractivity contribution in [2.24, 2.45) is 10.9 Å². The molecule has 1 saturated heterocycles. The summed E-state index contributed by atoms with van der Waals surface area (Å²) >= 11 is 0. The van der Waals surface area contributed by atoms with E-state index in [9.17, 15) is 9.59 Å². The lowest BCUT2D eigenvalue weighted by Crippen LogP contribution is -2.38. The summed E-state index contributed by atoms with van der Waals surface area (Å²) in [5.74, 6) is -0.359. The molecule has 1 aromatic rings. The summed E-state index contributed by atoms with van der Waals surface area (Å²) in [5.41, 5.74) is 2.76. The number of carbonyl (C=O) groups is 2. The molecule has 4 rings (SSSR count). The van der Waals surface area contributed by atoms with E-state index in [1.807, 2.05) is 13.0 Å². The van der Waals surface area contributed by atoms with Crippen molar-refractivity contribution in [2.75, 3.05) is 27.4 Å². The molecule has 2 heterocycles. The highest BCUT2D eigenvalue weighted by Gasteiger charge is 2.44. The van der Waals surface area contributed by atoms with Gasteiger partial charge in [0.25, 0.3) is 0 Å². The number of carbonyl (C=O) groups excluding carboxylic acids is 2. The van der Waals surface area contributed by atoms with Crippen LogP contribution in [0.15, 0.2) is 34.5 Å². The van der Waals surface area contributed by atoms with Crippen molar-refractivity contribution in [3.63, 3.8) is 0 Å². The van der Waals surface area contributed by atoms with Crippen molar-refractivity contribution in [1.29, 1.82) is 0 Å². The van der Waals surface area contributed by atoms with Crippen LogP contribution in [0.1, 0.15) is 50.5 Å². The Morgan fingerprint density at radius 1 is 1.19 bits per heavy atom. The molecule has 3 aliphatic rings. The number of esters is 1. The molecule has 166 valence electrons. The van der Waals surface area contributed by atoms with Gasteiger partial charge in [-0.15, -0.1) is 0 Å². The zero-order valence-corrected chi connectivity index (χ0v) is 18.3. The maximum Gasteiger partial charge on any atom is 0.315 e. The van der Waals surface area contributed by atoms with E-state index in [0.717, 1.165) is 36.9 Å². The molecule has 0 spiro atoms. The Hall–Kier alpha value is -2.67. The standard InChI is InChI=1S/C24H29NO6/c1-14-21(24(27)31-13-16-6-5-11-30-16)22(23-18(25-14)7-4-8-19(23)26)17-12-15(28-2)9-10-20(17)29-3/h9-10,12,16,21-22H,4-8,11,13H2,1-3H3/t16-,21?,22+/m0/s1. The van der Waals surface area contributed by atoms with Gasteiger partial charge in [0.05, 0.1) is 20.3 Å². The third-order valence-electron chi connectivity index (χ3n) is 6.30. The summed E-state index contributed by atoms with van der Waals surface area (Å²) < 4.78 is 22.3. The average Bonchev–Trinajstić information content (AvgIpc) is 3.30. The fourth-order valence-corrected chi connectivity index (χ4v) is 4.77. The molecule has 0 saturated carbocycles. The van der Waals surface area contributed by atoms with E-state index in [4.69, 9.17) is 18.9 Å². The van der Waals surface area contributed by atoms with Gasteiger partial charge >= 0.3 is 5.97 Å². The van der Waals surface area contributed by atoms with Gasteiger partial charge in [0.15, 0.2) is 5.78 Å². The van der Waals surface area contributed by atoms with Crippen LogP contribution in [0, 0.1) is 5.92 Å². The molecular weight excluding hydrogens is 398 g/mol. The van der Waals surface area contributed by atoms with E-state index in [-0.39, 0.29) is 18.5 Å².